The van der Waals surface area contributed by atoms with E-state index in [-0.39, 0.29) is 17.5 Å². The minimum Gasteiger partial charge on any atom is -0.396 e. The molecule has 0 bridgehead atoms. The minimum atomic E-state index is 0.0649. The normalized spacial score (nSPS) is 17.8. The molecule has 3 nitrogen and oxygen atoms in total. The summed E-state index contributed by atoms with van der Waals surface area (Å²) in [5.41, 5.74) is 2.12. The molecule has 1 saturated carbocycles. The van der Waals surface area contributed by atoms with Gasteiger partial charge in [0.05, 0.1) is 6.61 Å². The van der Waals surface area contributed by atoms with Gasteiger partial charge < -0.3 is 9.67 Å². The SMILES string of the molecule is Cc1cc(=O)cc(C)n1CC1(CO)CC1. The van der Waals surface area contributed by atoms with Crippen molar-refractivity contribution in [3.05, 3.63) is 33.7 Å². The van der Waals surface area contributed by atoms with Gasteiger partial charge in [-0.25, -0.2) is 0 Å². The molecule has 1 fully saturated rings. The van der Waals surface area contributed by atoms with Crippen molar-refractivity contribution >= 4 is 0 Å². The highest BCUT2D eigenvalue weighted by molar-refractivity contribution is 5.13. The van der Waals surface area contributed by atoms with Gasteiger partial charge in [0.1, 0.15) is 0 Å². The Morgan fingerprint density at radius 3 is 2.27 bits per heavy atom. The third kappa shape index (κ3) is 1.97. The smallest absolute Gasteiger partial charge is 0.182 e. The van der Waals surface area contributed by atoms with Crippen molar-refractivity contribution < 1.29 is 5.11 Å². The number of nitrogens with zero attached hydrogens (tertiary/aromatic N) is 1. The van der Waals surface area contributed by atoms with Gasteiger partial charge in [-0.15, -0.1) is 0 Å². The summed E-state index contributed by atoms with van der Waals surface area (Å²) in [6.45, 7) is 4.98. The van der Waals surface area contributed by atoms with Crippen molar-refractivity contribution in [2.75, 3.05) is 6.61 Å². The highest BCUT2D eigenvalue weighted by Gasteiger charge is 2.42. The highest BCUT2D eigenvalue weighted by atomic mass is 16.3. The quantitative estimate of drug-likeness (QED) is 0.810. The number of aliphatic hydroxyl groups is 1. The van der Waals surface area contributed by atoms with E-state index < -0.39 is 0 Å². The highest BCUT2D eigenvalue weighted by Crippen LogP contribution is 2.46. The third-order valence-electron chi connectivity index (χ3n) is 3.34. The van der Waals surface area contributed by atoms with Crippen LogP contribution in [-0.4, -0.2) is 16.3 Å². The Balaban J connectivity index is 2.32. The Hall–Kier alpha value is -1.09. The van der Waals surface area contributed by atoms with Crippen molar-refractivity contribution in [1.82, 2.24) is 4.57 Å². The number of rotatable bonds is 3. The average Bonchev–Trinajstić information content (AvgIpc) is 2.92. The monoisotopic (exact) mass is 207 g/mol. The van der Waals surface area contributed by atoms with E-state index in [9.17, 15) is 9.90 Å². The van der Waals surface area contributed by atoms with Crippen LogP contribution in [0.5, 0.6) is 0 Å². The van der Waals surface area contributed by atoms with E-state index in [0.29, 0.717) is 0 Å². The van der Waals surface area contributed by atoms with Crippen molar-refractivity contribution in [2.24, 2.45) is 5.41 Å². The number of hydrogen-bond donors (Lipinski definition) is 1. The molecule has 82 valence electrons. The topological polar surface area (TPSA) is 42.2 Å². The fraction of sp³-hybridized carbons (Fsp3) is 0.583. The van der Waals surface area contributed by atoms with E-state index in [2.05, 4.69) is 4.57 Å². The van der Waals surface area contributed by atoms with Gasteiger partial charge in [-0.1, -0.05) is 0 Å². The summed E-state index contributed by atoms with van der Waals surface area (Å²) < 4.78 is 2.13. The first kappa shape index (κ1) is 10.4. The van der Waals surface area contributed by atoms with E-state index in [1.165, 1.54) is 0 Å². The number of pyridine rings is 1. The molecule has 0 unspecified atom stereocenters. The molecule has 0 spiro atoms. The molecule has 1 aliphatic rings. The molecular formula is C12H17NO2. The zero-order valence-electron chi connectivity index (χ0n) is 9.29. The lowest BCUT2D eigenvalue weighted by molar-refractivity contribution is 0.193. The van der Waals surface area contributed by atoms with Crippen LogP contribution >= 0.6 is 0 Å². The van der Waals surface area contributed by atoms with E-state index in [1.807, 2.05) is 13.8 Å². The maximum atomic E-state index is 11.3. The molecule has 0 atom stereocenters. The maximum absolute atomic E-state index is 11.3. The van der Waals surface area contributed by atoms with Crippen molar-refractivity contribution in [3.8, 4) is 0 Å². The standard InChI is InChI=1S/C12H17NO2/c1-9-5-11(15)6-10(2)13(9)7-12(8-14)3-4-12/h5-6,14H,3-4,7-8H2,1-2H3. The Bertz CT molecular complexity index is 403. The first-order valence-electron chi connectivity index (χ1n) is 5.35. The number of aromatic nitrogens is 1. The fourth-order valence-electron chi connectivity index (χ4n) is 2.02. The average molecular weight is 207 g/mol. The summed E-state index contributed by atoms with van der Waals surface area (Å²) in [5.74, 6) is 0. The lowest BCUT2D eigenvalue weighted by Crippen LogP contribution is -2.21. The van der Waals surface area contributed by atoms with Crippen LogP contribution in [0.3, 0.4) is 0 Å². The second kappa shape index (κ2) is 3.49. The summed E-state index contributed by atoms with van der Waals surface area (Å²) in [6.07, 6.45) is 2.18. The zero-order valence-corrected chi connectivity index (χ0v) is 9.29. The molecule has 0 aliphatic heterocycles. The lowest BCUT2D eigenvalue weighted by Gasteiger charge is -2.19. The van der Waals surface area contributed by atoms with Crippen LogP contribution in [0.1, 0.15) is 24.2 Å². The first-order chi connectivity index (χ1) is 7.06. The Kier molecular flexibility index (Phi) is 2.43. The van der Waals surface area contributed by atoms with E-state index in [1.54, 1.807) is 12.1 Å². The number of aliphatic hydroxyl groups excluding tert-OH is 1. The van der Waals surface area contributed by atoms with E-state index in [4.69, 9.17) is 0 Å². The minimum absolute atomic E-state index is 0.0649. The van der Waals surface area contributed by atoms with Crippen molar-refractivity contribution in [2.45, 2.75) is 33.2 Å². The van der Waals surface area contributed by atoms with Crippen molar-refractivity contribution in [1.29, 1.82) is 0 Å². The third-order valence-corrected chi connectivity index (χ3v) is 3.34. The molecule has 1 aliphatic carbocycles. The van der Waals surface area contributed by atoms with Gasteiger partial charge in [0.2, 0.25) is 0 Å². The maximum Gasteiger partial charge on any atom is 0.182 e. The molecular weight excluding hydrogens is 190 g/mol. The number of aryl methyl sites for hydroxylation is 2. The predicted octanol–water partition coefficient (Wildman–Crippen LogP) is 1.24. The van der Waals surface area contributed by atoms with Crippen LogP contribution in [0.15, 0.2) is 16.9 Å². The van der Waals surface area contributed by atoms with Gasteiger partial charge >= 0.3 is 0 Å². The van der Waals surface area contributed by atoms with Crippen LogP contribution in [0.4, 0.5) is 0 Å². The molecule has 0 aromatic carbocycles. The first-order valence-corrected chi connectivity index (χ1v) is 5.35. The summed E-state index contributed by atoms with van der Waals surface area (Å²) in [7, 11) is 0. The molecule has 0 amide bonds. The summed E-state index contributed by atoms with van der Waals surface area (Å²) >= 11 is 0. The van der Waals surface area contributed by atoms with E-state index in [0.717, 1.165) is 30.8 Å². The predicted molar refractivity (Wildman–Crippen MR) is 58.9 cm³/mol. The van der Waals surface area contributed by atoms with Gasteiger partial charge in [0.15, 0.2) is 5.43 Å². The lowest BCUT2D eigenvalue weighted by atomic mass is 10.1. The molecule has 1 aromatic rings. The van der Waals surface area contributed by atoms with Gasteiger partial charge in [0, 0.05) is 35.5 Å². The summed E-state index contributed by atoms with van der Waals surface area (Å²) in [4.78, 5) is 11.3. The largest absolute Gasteiger partial charge is 0.396 e. The molecule has 15 heavy (non-hydrogen) atoms. The molecule has 0 radical (unpaired) electrons. The Morgan fingerprint density at radius 2 is 1.87 bits per heavy atom. The molecule has 3 heteroatoms. The Labute approximate surface area is 89.4 Å². The van der Waals surface area contributed by atoms with Crippen LogP contribution in [0.2, 0.25) is 0 Å². The second-order valence-electron chi connectivity index (χ2n) is 4.72. The van der Waals surface area contributed by atoms with Crippen LogP contribution in [0, 0.1) is 19.3 Å². The van der Waals surface area contributed by atoms with Crippen molar-refractivity contribution in [3.63, 3.8) is 0 Å². The molecule has 0 saturated heterocycles. The van der Waals surface area contributed by atoms with Gasteiger partial charge in [-0.05, 0) is 26.7 Å². The number of hydrogen-bond acceptors (Lipinski definition) is 2. The van der Waals surface area contributed by atoms with Gasteiger partial charge in [0.25, 0.3) is 0 Å². The second-order valence-corrected chi connectivity index (χ2v) is 4.72. The van der Waals surface area contributed by atoms with Crippen LogP contribution in [-0.2, 0) is 6.54 Å². The zero-order chi connectivity index (χ0) is 11.1. The van der Waals surface area contributed by atoms with Gasteiger partial charge in [-0.3, -0.25) is 4.79 Å². The van der Waals surface area contributed by atoms with E-state index >= 15 is 0 Å². The van der Waals surface area contributed by atoms with Crippen LogP contribution in [0.25, 0.3) is 0 Å². The molecule has 1 heterocycles. The fourth-order valence-corrected chi connectivity index (χ4v) is 2.02. The molecule has 1 N–H and O–H groups in total. The van der Waals surface area contributed by atoms with Crippen LogP contribution < -0.4 is 5.43 Å². The molecule has 1 aromatic heterocycles. The summed E-state index contributed by atoms with van der Waals surface area (Å²) in [5, 5.41) is 9.28. The van der Waals surface area contributed by atoms with Gasteiger partial charge in [-0.2, -0.15) is 0 Å². The summed E-state index contributed by atoms with van der Waals surface area (Å²) in [6, 6.07) is 3.31. The Morgan fingerprint density at radius 1 is 1.33 bits per heavy atom. The molecule has 2 rings (SSSR count).